The number of carbonyl (C=O) groups excluding carboxylic acids is 2. The minimum atomic E-state index is -3.70. The summed E-state index contributed by atoms with van der Waals surface area (Å²) < 4.78 is 25.4. The molecular weight excluding hydrogens is 448 g/mol. The van der Waals surface area contributed by atoms with Crippen LogP contribution in [0.25, 0.3) is 0 Å². The summed E-state index contributed by atoms with van der Waals surface area (Å²) in [6, 6.07) is 14.2. The van der Waals surface area contributed by atoms with E-state index in [-0.39, 0.29) is 28.5 Å². The van der Waals surface area contributed by atoms with Gasteiger partial charge in [-0.25, -0.2) is 8.42 Å². The number of anilines is 1. The van der Waals surface area contributed by atoms with E-state index in [0.717, 1.165) is 31.4 Å². The van der Waals surface area contributed by atoms with Crippen molar-refractivity contribution < 1.29 is 18.0 Å². The maximum atomic E-state index is 13.4. The second-order valence-corrected chi connectivity index (χ2v) is 13.4. The third-order valence-corrected chi connectivity index (χ3v) is 8.40. The normalized spacial score (nSPS) is 23.5. The Hall–Kier alpha value is -2.67. The monoisotopic (exact) mass is 482 g/mol. The predicted octanol–water partition coefficient (Wildman–Crippen LogP) is 4.59. The Kier molecular flexibility index (Phi) is 6.36. The lowest BCUT2D eigenvalue weighted by atomic mass is 9.65. The van der Waals surface area contributed by atoms with Gasteiger partial charge in [0.1, 0.15) is 5.75 Å². The van der Waals surface area contributed by atoms with E-state index >= 15 is 0 Å². The molecular formula is C27H34N2O4S. The van der Waals surface area contributed by atoms with E-state index in [1.54, 1.807) is 36.4 Å². The number of fused-ring (bicyclic) bond motifs is 2. The third-order valence-electron chi connectivity index (χ3n) is 6.92. The van der Waals surface area contributed by atoms with Crippen molar-refractivity contribution in [2.45, 2.75) is 58.8 Å². The summed E-state index contributed by atoms with van der Waals surface area (Å²) in [6.45, 7) is 9.48. The number of sulfone groups is 1. The summed E-state index contributed by atoms with van der Waals surface area (Å²) >= 11 is 0. The zero-order valence-electron chi connectivity index (χ0n) is 20.4. The Morgan fingerprint density at radius 1 is 1.06 bits per heavy atom. The van der Waals surface area contributed by atoms with E-state index in [1.165, 1.54) is 0 Å². The molecule has 0 aromatic heterocycles. The first-order valence-corrected chi connectivity index (χ1v) is 13.6. The van der Waals surface area contributed by atoms with E-state index < -0.39 is 21.5 Å². The maximum absolute atomic E-state index is 13.4. The van der Waals surface area contributed by atoms with Gasteiger partial charge < -0.3 is 10.2 Å². The molecule has 2 aromatic rings. The second-order valence-electron chi connectivity index (χ2n) is 11.3. The number of hydrogen-bond donors (Lipinski definition) is 1. The molecule has 0 spiro atoms. The lowest BCUT2D eigenvalue weighted by Gasteiger charge is -2.39. The molecule has 2 aliphatic rings. The number of benzene rings is 2. The SMILES string of the molecule is Cc1ccc(NC(=O)CS(=O)(=O)Cc2cccc(C(=O)N3CC4(C)CC3CC(C)(C)C4)c2)cc1. The summed E-state index contributed by atoms with van der Waals surface area (Å²) in [4.78, 5) is 27.7. The van der Waals surface area contributed by atoms with Crippen LogP contribution in [0.4, 0.5) is 5.69 Å². The molecule has 182 valence electrons. The Bertz CT molecular complexity index is 1200. The maximum Gasteiger partial charge on any atom is 0.254 e. The highest BCUT2D eigenvalue weighted by atomic mass is 32.2. The fraction of sp³-hybridized carbons (Fsp3) is 0.481. The van der Waals surface area contributed by atoms with Crippen LogP contribution < -0.4 is 5.32 Å². The van der Waals surface area contributed by atoms with Crippen LogP contribution in [0, 0.1) is 17.8 Å². The van der Waals surface area contributed by atoms with Crippen molar-refractivity contribution in [2.75, 3.05) is 17.6 Å². The van der Waals surface area contributed by atoms with E-state index in [1.807, 2.05) is 24.0 Å². The number of likely N-dealkylation sites (tertiary alicyclic amines) is 1. The highest BCUT2D eigenvalue weighted by Crippen LogP contribution is 2.52. The van der Waals surface area contributed by atoms with E-state index in [9.17, 15) is 18.0 Å². The number of nitrogens with one attached hydrogen (secondary N) is 1. The fourth-order valence-electron chi connectivity index (χ4n) is 6.00. The average Bonchev–Trinajstić information content (AvgIpc) is 2.97. The fourth-order valence-corrected chi connectivity index (χ4v) is 7.26. The molecule has 7 heteroatoms. The van der Waals surface area contributed by atoms with Crippen LogP contribution in [-0.2, 0) is 20.4 Å². The van der Waals surface area contributed by atoms with Gasteiger partial charge in [0.25, 0.3) is 5.91 Å². The molecule has 34 heavy (non-hydrogen) atoms. The van der Waals surface area contributed by atoms with Crippen molar-refractivity contribution in [2.24, 2.45) is 10.8 Å². The number of amides is 2. The van der Waals surface area contributed by atoms with Crippen LogP contribution in [-0.4, -0.2) is 43.5 Å². The summed E-state index contributed by atoms with van der Waals surface area (Å²) in [6.07, 6.45) is 3.11. The molecule has 2 fully saturated rings. The Morgan fingerprint density at radius 2 is 1.76 bits per heavy atom. The third kappa shape index (κ3) is 5.69. The summed E-state index contributed by atoms with van der Waals surface area (Å²) in [5.74, 6) is -1.51. The first-order valence-electron chi connectivity index (χ1n) is 11.8. The molecule has 2 bridgehead atoms. The number of nitrogens with zero attached hydrogens (tertiary/aromatic N) is 1. The van der Waals surface area contributed by atoms with Crippen molar-refractivity contribution in [3.8, 4) is 0 Å². The van der Waals surface area contributed by atoms with Crippen LogP contribution in [0.3, 0.4) is 0 Å². The van der Waals surface area contributed by atoms with Crippen molar-refractivity contribution in [3.63, 3.8) is 0 Å². The molecule has 1 heterocycles. The van der Waals surface area contributed by atoms with Gasteiger partial charge in [0, 0.05) is 23.8 Å². The van der Waals surface area contributed by atoms with Crippen LogP contribution >= 0.6 is 0 Å². The molecule has 1 aliphatic heterocycles. The first-order chi connectivity index (χ1) is 15.8. The quantitative estimate of drug-likeness (QED) is 0.653. The molecule has 2 atom stereocenters. The standard InChI is InChI=1S/C27H34N2O4S/c1-19-8-10-22(11-9-19)28-24(30)16-34(32,33)15-20-6-5-7-21(12-20)25(31)29-18-27(4)14-23(29)13-26(2,3)17-27/h5-12,23H,13-18H2,1-4H3,(H,28,30). The lowest BCUT2D eigenvalue weighted by Crippen LogP contribution is -2.37. The Morgan fingerprint density at radius 3 is 2.47 bits per heavy atom. The van der Waals surface area contributed by atoms with Crippen molar-refractivity contribution in [1.82, 2.24) is 4.90 Å². The second kappa shape index (κ2) is 8.84. The van der Waals surface area contributed by atoms with Gasteiger partial charge >= 0.3 is 0 Å². The zero-order valence-corrected chi connectivity index (χ0v) is 21.2. The molecule has 1 saturated heterocycles. The molecule has 2 amide bonds. The zero-order chi connectivity index (χ0) is 24.7. The smallest absolute Gasteiger partial charge is 0.254 e. The summed E-state index contributed by atoms with van der Waals surface area (Å²) in [5.41, 5.74) is 2.98. The molecule has 1 aliphatic carbocycles. The number of carbonyl (C=O) groups is 2. The van der Waals surface area contributed by atoms with E-state index in [4.69, 9.17) is 0 Å². The van der Waals surface area contributed by atoms with Crippen LogP contribution in [0.15, 0.2) is 48.5 Å². The molecule has 0 radical (unpaired) electrons. The molecule has 1 N–H and O–H groups in total. The molecule has 2 aromatic carbocycles. The molecule has 6 nitrogen and oxygen atoms in total. The summed E-state index contributed by atoms with van der Waals surface area (Å²) in [5, 5.41) is 2.63. The van der Waals surface area contributed by atoms with Gasteiger partial charge in [0.05, 0.1) is 5.75 Å². The average molecular weight is 483 g/mol. The molecule has 2 unspecified atom stereocenters. The van der Waals surface area contributed by atoms with Gasteiger partial charge in [0.15, 0.2) is 9.84 Å². The van der Waals surface area contributed by atoms with Crippen molar-refractivity contribution in [1.29, 1.82) is 0 Å². The summed E-state index contributed by atoms with van der Waals surface area (Å²) in [7, 11) is -3.70. The van der Waals surface area contributed by atoms with Crippen molar-refractivity contribution in [3.05, 3.63) is 65.2 Å². The Balaban J connectivity index is 1.42. The van der Waals surface area contributed by atoms with Gasteiger partial charge in [-0.15, -0.1) is 0 Å². The van der Waals surface area contributed by atoms with E-state index in [0.29, 0.717) is 16.8 Å². The topological polar surface area (TPSA) is 83.5 Å². The van der Waals surface area contributed by atoms with Gasteiger partial charge in [-0.3, -0.25) is 9.59 Å². The van der Waals surface area contributed by atoms with Gasteiger partial charge in [-0.2, -0.15) is 0 Å². The van der Waals surface area contributed by atoms with Gasteiger partial charge in [0.2, 0.25) is 5.91 Å². The van der Waals surface area contributed by atoms with Crippen LogP contribution in [0.5, 0.6) is 0 Å². The predicted molar refractivity (Wildman–Crippen MR) is 134 cm³/mol. The van der Waals surface area contributed by atoms with Gasteiger partial charge in [-0.05, 0) is 66.8 Å². The lowest BCUT2D eigenvalue weighted by molar-refractivity contribution is -0.113. The largest absolute Gasteiger partial charge is 0.335 e. The highest BCUT2D eigenvalue weighted by Gasteiger charge is 2.51. The van der Waals surface area contributed by atoms with Gasteiger partial charge in [-0.1, -0.05) is 50.6 Å². The van der Waals surface area contributed by atoms with Crippen LogP contribution in [0.2, 0.25) is 0 Å². The van der Waals surface area contributed by atoms with E-state index in [2.05, 4.69) is 26.1 Å². The Labute approximate surface area is 202 Å². The first kappa shape index (κ1) is 24.5. The van der Waals surface area contributed by atoms with Crippen molar-refractivity contribution >= 4 is 27.3 Å². The highest BCUT2D eigenvalue weighted by molar-refractivity contribution is 7.91. The molecule has 1 saturated carbocycles. The minimum absolute atomic E-state index is 0.0391. The molecule has 4 rings (SSSR count). The minimum Gasteiger partial charge on any atom is -0.335 e. The number of hydrogen-bond acceptors (Lipinski definition) is 4. The number of rotatable bonds is 6. The van der Waals surface area contributed by atoms with Crippen LogP contribution in [0.1, 0.15) is 61.5 Å². The number of aryl methyl sites for hydroxylation is 1.